The number of thiophene rings is 1. The maximum absolute atomic E-state index is 12.9. The number of hydrogen-bond acceptors (Lipinski definition) is 2. The molecule has 0 unspecified atom stereocenters. The van der Waals surface area contributed by atoms with Crippen LogP contribution < -0.4 is 5.32 Å². The maximum Gasteiger partial charge on any atom is 0.224 e. The fourth-order valence-electron chi connectivity index (χ4n) is 4.05. The van der Waals surface area contributed by atoms with Crippen LogP contribution in [0.1, 0.15) is 41.8 Å². The lowest BCUT2D eigenvalue weighted by molar-refractivity contribution is -0.126. The van der Waals surface area contributed by atoms with E-state index in [1.165, 1.54) is 16.0 Å². The quantitative estimate of drug-likeness (QED) is 0.785. The van der Waals surface area contributed by atoms with E-state index in [0.29, 0.717) is 11.8 Å². The second-order valence-corrected chi connectivity index (χ2v) is 7.92. The third-order valence-electron chi connectivity index (χ3n) is 5.45. The number of nitrogens with one attached hydrogen (secondary N) is 1. The fraction of sp³-hybridized carbons (Fsp3) is 0.381. The molecule has 1 N–H and O–H groups in total. The molecule has 0 radical (unpaired) electrons. The summed E-state index contributed by atoms with van der Waals surface area (Å²) in [4.78, 5) is 14.1. The van der Waals surface area contributed by atoms with Gasteiger partial charge in [0.15, 0.2) is 0 Å². The molecule has 1 aromatic heterocycles. The Morgan fingerprint density at radius 1 is 1.21 bits per heavy atom. The molecule has 1 heterocycles. The van der Waals surface area contributed by atoms with Crippen LogP contribution in [0.4, 0.5) is 0 Å². The van der Waals surface area contributed by atoms with E-state index in [4.69, 9.17) is 0 Å². The summed E-state index contributed by atoms with van der Waals surface area (Å²) in [5.41, 5.74) is 2.50. The molecule has 24 heavy (non-hydrogen) atoms. The maximum atomic E-state index is 12.9. The summed E-state index contributed by atoms with van der Waals surface area (Å²) in [5, 5.41) is 5.42. The van der Waals surface area contributed by atoms with Gasteiger partial charge in [-0.1, -0.05) is 49.4 Å². The molecule has 0 aliphatic heterocycles. The zero-order valence-corrected chi connectivity index (χ0v) is 14.8. The molecule has 124 valence electrons. The summed E-state index contributed by atoms with van der Waals surface area (Å²) in [6, 6.07) is 12.8. The summed E-state index contributed by atoms with van der Waals surface area (Å²) < 4.78 is 0. The zero-order chi connectivity index (χ0) is 16.5. The topological polar surface area (TPSA) is 29.1 Å². The van der Waals surface area contributed by atoms with Crippen LogP contribution in [0.15, 0.2) is 53.9 Å². The molecular formula is C21H23NOS. The smallest absolute Gasteiger partial charge is 0.224 e. The van der Waals surface area contributed by atoms with Crippen LogP contribution in [-0.2, 0) is 11.2 Å². The first-order chi connectivity index (χ1) is 11.7. The molecule has 3 heteroatoms. The van der Waals surface area contributed by atoms with Crippen LogP contribution in [0, 0.1) is 17.8 Å². The van der Waals surface area contributed by atoms with Gasteiger partial charge in [-0.25, -0.2) is 0 Å². The third kappa shape index (κ3) is 2.93. The number of amides is 1. The van der Waals surface area contributed by atoms with Crippen molar-refractivity contribution in [3.63, 3.8) is 0 Å². The van der Waals surface area contributed by atoms with Gasteiger partial charge in [0.1, 0.15) is 0 Å². The molecule has 2 aromatic rings. The highest BCUT2D eigenvalue weighted by Crippen LogP contribution is 2.43. The van der Waals surface area contributed by atoms with Gasteiger partial charge in [-0.2, -0.15) is 0 Å². The van der Waals surface area contributed by atoms with E-state index >= 15 is 0 Å². The summed E-state index contributed by atoms with van der Waals surface area (Å²) in [5.74, 6) is 1.43. The lowest BCUT2D eigenvalue weighted by atomic mass is 9.92. The summed E-state index contributed by atoms with van der Waals surface area (Å²) >= 11 is 1.71. The van der Waals surface area contributed by atoms with E-state index in [1.54, 1.807) is 11.3 Å². The molecule has 2 aliphatic rings. The number of rotatable bonds is 5. The Hall–Kier alpha value is -1.87. The van der Waals surface area contributed by atoms with Gasteiger partial charge < -0.3 is 5.32 Å². The molecule has 2 aliphatic carbocycles. The van der Waals surface area contributed by atoms with Gasteiger partial charge in [0, 0.05) is 10.8 Å². The van der Waals surface area contributed by atoms with Crippen LogP contribution in [0.5, 0.6) is 0 Å². The van der Waals surface area contributed by atoms with Crippen LogP contribution in [-0.4, -0.2) is 5.91 Å². The first-order valence-electron chi connectivity index (χ1n) is 8.85. The van der Waals surface area contributed by atoms with Crippen molar-refractivity contribution in [1.29, 1.82) is 0 Å². The fourth-order valence-corrected chi connectivity index (χ4v) is 4.85. The minimum atomic E-state index is -0.0356. The largest absolute Gasteiger partial charge is 0.344 e. The molecule has 4 atom stereocenters. The Balaban J connectivity index is 1.56. The second kappa shape index (κ2) is 6.56. The predicted octanol–water partition coefficient (Wildman–Crippen LogP) is 4.73. The van der Waals surface area contributed by atoms with Crippen molar-refractivity contribution in [2.75, 3.05) is 0 Å². The van der Waals surface area contributed by atoms with Gasteiger partial charge in [-0.05, 0) is 53.7 Å². The predicted molar refractivity (Wildman–Crippen MR) is 99.0 cm³/mol. The first kappa shape index (κ1) is 15.6. The van der Waals surface area contributed by atoms with Crippen LogP contribution >= 0.6 is 11.3 Å². The van der Waals surface area contributed by atoms with Gasteiger partial charge >= 0.3 is 0 Å². The SMILES string of the molecule is CCc1ccc([C@@H](NC(=O)[C@H]2C[C@H]3C=C[C@H]2C3)c2cccs2)cc1. The molecule has 1 aromatic carbocycles. The number of aryl methyl sites for hydroxylation is 1. The molecule has 1 amide bonds. The average molecular weight is 337 g/mol. The molecule has 2 bridgehead atoms. The Labute approximate surface area is 147 Å². The number of hydrogen-bond donors (Lipinski definition) is 1. The lowest BCUT2D eigenvalue weighted by Crippen LogP contribution is -2.35. The first-order valence-corrected chi connectivity index (χ1v) is 9.73. The van der Waals surface area contributed by atoms with Gasteiger partial charge in [0.2, 0.25) is 5.91 Å². The van der Waals surface area contributed by atoms with Crippen molar-refractivity contribution in [3.05, 3.63) is 69.9 Å². The average Bonchev–Trinajstić information content (AvgIpc) is 3.37. The molecule has 1 saturated carbocycles. The van der Waals surface area contributed by atoms with E-state index in [-0.39, 0.29) is 17.9 Å². The monoisotopic (exact) mass is 337 g/mol. The van der Waals surface area contributed by atoms with Crippen molar-refractivity contribution in [2.24, 2.45) is 17.8 Å². The van der Waals surface area contributed by atoms with E-state index in [2.05, 4.69) is 66.2 Å². The van der Waals surface area contributed by atoms with E-state index in [1.807, 2.05) is 0 Å². The van der Waals surface area contributed by atoms with Gasteiger partial charge in [-0.15, -0.1) is 11.3 Å². The summed E-state index contributed by atoms with van der Waals surface area (Å²) in [6.07, 6.45) is 7.74. The number of carbonyl (C=O) groups is 1. The zero-order valence-electron chi connectivity index (χ0n) is 13.9. The third-order valence-corrected chi connectivity index (χ3v) is 6.39. The van der Waals surface area contributed by atoms with Crippen molar-refractivity contribution in [2.45, 2.75) is 32.2 Å². The van der Waals surface area contributed by atoms with Crippen molar-refractivity contribution >= 4 is 17.2 Å². The van der Waals surface area contributed by atoms with Crippen molar-refractivity contribution in [3.8, 4) is 0 Å². The molecule has 4 rings (SSSR count). The highest BCUT2D eigenvalue weighted by Gasteiger charge is 2.40. The Morgan fingerprint density at radius 3 is 2.62 bits per heavy atom. The van der Waals surface area contributed by atoms with Crippen LogP contribution in [0.3, 0.4) is 0 Å². The molecule has 2 nitrogen and oxygen atoms in total. The minimum Gasteiger partial charge on any atom is -0.344 e. The standard InChI is InChI=1S/C21H23NOS/c1-2-14-5-8-16(9-6-14)20(19-4-3-11-24-19)22-21(23)18-13-15-7-10-17(18)12-15/h3-11,15,17-18,20H,2,12-13H2,1H3,(H,22,23)/t15-,17-,18-,20+/m0/s1. The molecule has 0 spiro atoms. The molecule has 0 saturated heterocycles. The van der Waals surface area contributed by atoms with Crippen molar-refractivity contribution < 1.29 is 4.79 Å². The normalized spacial score (nSPS) is 25.8. The highest BCUT2D eigenvalue weighted by molar-refractivity contribution is 7.10. The number of carbonyl (C=O) groups excluding carboxylic acids is 1. The minimum absolute atomic E-state index is 0.0356. The molecule has 1 fully saturated rings. The Kier molecular flexibility index (Phi) is 4.28. The number of benzene rings is 1. The van der Waals surface area contributed by atoms with Crippen molar-refractivity contribution in [1.82, 2.24) is 5.32 Å². The summed E-state index contributed by atoms with van der Waals surface area (Å²) in [7, 11) is 0. The van der Waals surface area contributed by atoms with Crippen LogP contribution in [0.25, 0.3) is 0 Å². The lowest BCUT2D eigenvalue weighted by Gasteiger charge is -2.23. The van der Waals surface area contributed by atoms with Crippen LogP contribution in [0.2, 0.25) is 0 Å². The highest BCUT2D eigenvalue weighted by atomic mass is 32.1. The van der Waals surface area contributed by atoms with Gasteiger partial charge in [-0.3, -0.25) is 4.79 Å². The van der Waals surface area contributed by atoms with Gasteiger partial charge in [0.05, 0.1) is 6.04 Å². The molecular weight excluding hydrogens is 314 g/mol. The Bertz CT molecular complexity index is 732. The van der Waals surface area contributed by atoms with E-state index in [0.717, 1.165) is 19.3 Å². The van der Waals surface area contributed by atoms with Gasteiger partial charge in [0.25, 0.3) is 0 Å². The Morgan fingerprint density at radius 2 is 2.04 bits per heavy atom. The second-order valence-electron chi connectivity index (χ2n) is 6.94. The van der Waals surface area contributed by atoms with E-state index < -0.39 is 0 Å². The number of allylic oxidation sites excluding steroid dienone is 2. The summed E-state index contributed by atoms with van der Waals surface area (Å²) in [6.45, 7) is 2.16. The van der Waals surface area contributed by atoms with E-state index in [9.17, 15) is 4.79 Å². The number of fused-ring (bicyclic) bond motifs is 2.